The summed E-state index contributed by atoms with van der Waals surface area (Å²) in [5.41, 5.74) is 2.47. The molecule has 5 heteroatoms. The topological polar surface area (TPSA) is 63.0 Å². The molecule has 1 aliphatic rings. The van der Waals surface area contributed by atoms with Gasteiger partial charge < -0.3 is 24.3 Å². The van der Waals surface area contributed by atoms with Crippen molar-refractivity contribution in [3.63, 3.8) is 0 Å². The number of aliphatic carboxylic acids is 1. The summed E-state index contributed by atoms with van der Waals surface area (Å²) in [6.45, 7) is 3.64. The van der Waals surface area contributed by atoms with Crippen LogP contribution in [0, 0.1) is 0 Å². The van der Waals surface area contributed by atoms with E-state index in [4.69, 9.17) is 9.47 Å². The van der Waals surface area contributed by atoms with Gasteiger partial charge in [-0.15, -0.1) is 0 Å². The van der Waals surface area contributed by atoms with Crippen molar-refractivity contribution < 1.29 is 24.3 Å². The summed E-state index contributed by atoms with van der Waals surface area (Å²) < 4.78 is 10.7. The first-order valence-electron chi connectivity index (χ1n) is 6.86. The lowest BCUT2D eigenvalue weighted by molar-refractivity contribution is -0.931. The van der Waals surface area contributed by atoms with Gasteiger partial charge in [-0.25, -0.2) is 0 Å². The van der Waals surface area contributed by atoms with Crippen molar-refractivity contribution in [3.05, 3.63) is 23.3 Å². The number of ether oxygens (including phenoxy) is 2. The van der Waals surface area contributed by atoms with Gasteiger partial charge in [-0.2, -0.15) is 0 Å². The van der Waals surface area contributed by atoms with Gasteiger partial charge in [0.1, 0.15) is 6.04 Å². The molecule has 110 valence electrons. The zero-order chi connectivity index (χ0) is 14.7. The number of hydrogen-bond donors (Lipinski definition) is 1. The van der Waals surface area contributed by atoms with Gasteiger partial charge in [0.2, 0.25) is 0 Å². The third-order valence-corrected chi connectivity index (χ3v) is 4.09. The predicted molar refractivity (Wildman–Crippen MR) is 72.0 cm³/mol. The summed E-state index contributed by atoms with van der Waals surface area (Å²) >= 11 is 0. The Hall–Kier alpha value is -1.75. The lowest BCUT2D eigenvalue weighted by atomic mass is 9.92. The van der Waals surface area contributed by atoms with Crippen LogP contribution in [0.15, 0.2) is 12.1 Å². The quantitative estimate of drug-likeness (QED) is 0.778. The second kappa shape index (κ2) is 6.13. The molecule has 1 aromatic carbocycles. The van der Waals surface area contributed by atoms with E-state index in [-0.39, 0.29) is 12.5 Å². The predicted octanol–water partition coefficient (Wildman–Crippen LogP) is -0.654. The molecule has 1 N–H and O–H groups in total. The van der Waals surface area contributed by atoms with Gasteiger partial charge in [0.15, 0.2) is 11.5 Å². The van der Waals surface area contributed by atoms with Crippen molar-refractivity contribution >= 4 is 5.97 Å². The molecule has 1 aliphatic heterocycles. The van der Waals surface area contributed by atoms with Gasteiger partial charge in [0.25, 0.3) is 0 Å². The van der Waals surface area contributed by atoms with Crippen LogP contribution in [0.25, 0.3) is 0 Å². The average Bonchev–Trinajstić information content (AvgIpc) is 2.45. The van der Waals surface area contributed by atoms with E-state index in [0.29, 0.717) is 6.54 Å². The molecule has 5 nitrogen and oxygen atoms in total. The molecule has 0 saturated heterocycles. The first-order chi connectivity index (χ1) is 9.56. The Kier molecular flexibility index (Phi) is 4.49. The van der Waals surface area contributed by atoms with E-state index in [0.717, 1.165) is 24.5 Å². The Morgan fingerprint density at radius 2 is 2.00 bits per heavy atom. The largest absolute Gasteiger partial charge is 0.550 e. The van der Waals surface area contributed by atoms with E-state index < -0.39 is 5.97 Å². The lowest BCUT2D eigenvalue weighted by Gasteiger charge is -2.33. The van der Waals surface area contributed by atoms with Crippen LogP contribution in [-0.2, 0) is 11.2 Å². The maximum atomic E-state index is 10.6. The Balaban J connectivity index is 2.24. The van der Waals surface area contributed by atoms with Crippen LogP contribution < -0.4 is 19.5 Å². The van der Waals surface area contributed by atoms with Gasteiger partial charge in [-0.3, -0.25) is 0 Å². The van der Waals surface area contributed by atoms with Crippen LogP contribution in [0.1, 0.15) is 30.5 Å². The maximum absolute atomic E-state index is 10.6. The minimum atomic E-state index is -0.984. The van der Waals surface area contributed by atoms with E-state index >= 15 is 0 Å². The highest BCUT2D eigenvalue weighted by molar-refractivity contribution is 5.64. The molecule has 0 spiro atoms. The van der Waals surface area contributed by atoms with Crippen molar-refractivity contribution in [2.75, 3.05) is 27.3 Å². The van der Waals surface area contributed by atoms with E-state index in [1.165, 1.54) is 16.0 Å². The van der Waals surface area contributed by atoms with E-state index in [1.54, 1.807) is 14.2 Å². The molecule has 1 aromatic rings. The van der Waals surface area contributed by atoms with Crippen LogP contribution >= 0.6 is 0 Å². The van der Waals surface area contributed by atoms with Gasteiger partial charge in [0, 0.05) is 24.4 Å². The van der Waals surface area contributed by atoms with E-state index in [1.807, 2.05) is 12.1 Å². The van der Waals surface area contributed by atoms with E-state index in [9.17, 15) is 9.90 Å². The van der Waals surface area contributed by atoms with E-state index in [2.05, 4.69) is 6.92 Å². The van der Waals surface area contributed by atoms with Crippen LogP contribution in [0.2, 0.25) is 0 Å². The molecule has 0 aliphatic carbocycles. The number of rotatable bonds is 5. The Labute approximate surface area is 119 Å². The highest BCUT2D eigenvalue weighted by Gasteiger charge is 2.28. The number of fused-ring (bicyclic) bond motifs is 1. The highest BCUT2D eigenvalue weighted by Crippen LogP contribution is 2.33. The number of nitrogens with one attached hydrogen (secondary N) is 1. The molecule has 2 atom stereocenters. The fraction of sp³-hybridized carbons (Fsp3) is 0.533. The summed E-state index contributed by atoms with van der Waals surface area (Å²) in [4.78, 5) is 11.9. The van der Waals surface area contributed by atoms with Gasteiger partial charge in [0.05, 0.1) is 27.3 Å². The van der Waals surface area contributed by atoms with Crippen molar-refractivity contribution in [2.24, 2.45) is 0 Å². The average molecular weight is 279 g/mol. The molecule has 20 heavy (non-hydrogen) atoms. The molecule has 0 bridgehead atoms. The maximum Gasteiger partial charge on any atom is 0.161 e. The normalized spacial score (nSPS) is 21.1. The van der Waals surface area contributed by atoms with Crippen molar-refractivity contribution in [1.82, 2.24) is 0 Å². The second-order valence-electron chi connectivity index (χ2n) is 5.16. The molecular formula is C15H21NO4. The smallest absolute Gasteiger partial charge is 0.161 e. The zero-order valence-electron chi connectivity index (χ0n) is 12.2. The number of carbonyl (C=O) groups excluding carboxylic acids is 1. The number of benzene rings is 1. The van der Waals surface area contributed by atoms with Gasteiger partial charge in [-0.05, 0) is 24.6 Å². The number of methoxy groups -OCH3 is 2. The molecule has 0 saturated carbocycles. The van der Waals surface area contributed by atoms with Gasteiger partial charge >= 0.3 is 0 Å². The molecule has 1 heterocycles. The Bertz CT molecular complexity index is 501. The molecule has 0 fully saturated rings. The number of quaternary nitrogens is 1. The fourth-order valence-electron chi connectivity index (χ4n) is 2.89. The molecule has 2 rings (SSSR count). The van der Waals surface area contributed by atoms with Gasteiger partial charge in [-0.1, -0.05) is 0 Å². The summed E-state index contributed by atoms with van der Waals surface area (Å²) in [6.07, 6.45) is 1.02. The highest BCUT2D eigenvalue weighted by atomic mass is 16.5. The first kappa shape index (κ1) is 14.7. The van der Waals surface area contributed by atoms with Crippen molar-refractivity contribution in [1.29, 1.82) is 0 Å². The molecule has 0 aromatic heterocycles. The van der Waals surface area contributed by atoms with Crippen molar-refractivity contribution in [2.45, 2.75) is 25.8 Å². The number of carboxylic acids is 1. The first-order valence-corrected chi connectivity index (χ1v) is 6.86. The zero-order valence-corrected chi connectivity index (χ0v) is 12.2. The molecular weight excluding hydrogens is 258 g/mol. The summed E-state index contributed by atoms with van der Waals surface area (Å²) in [6, 6.07) is 4.29. The Morgan fingerprint density at radius 3 is 2.60 bits per heavy atom. The standard InChI is InChI=1S/C15H21NO4/c1-10-12-9-14(20-3)13(19-2)8-11(12)4-6-16(10)7-5-15(17)18/h8-10H,4-7H2,1-3H3,(H,17,18)/t10-/m1/s1. The minimum Gasteiger partial charge on any atom is -0.550 e. The third kappa shape index (κ3) is 2.88. The second-order valence-corrected chi connectivity index (χ2v) is 5.16. The fourth-order valence-corrected chi connectivity index (χ4v) is 2.89. The Morgan fingerprint density at radius 1 is 1.35 bits per heavy atom. The van der Waals surface area contributed by atoms with Crippen LogP contribution in [-0.4, -0.2) is 33.3 Å². The third-order valence-electron chi connectivity index (χ3n) is 4.09. The summed E-state index contributed by atoms with van der Waals surface area (Å²) in [7, 11) is 3.26. The summed E-state index contributed by atoms with van der Waals surface area (Å²) in [5.74, 6) is 0.485. The van der Waals surface area contributed by atoms with Crippen LogP contribution in [0.5, 0.6) is 11.5 Å². The monoisotopic (exact) mass is 279 g/mol. The number of carboxylic acid groups (broad SMARTS) is 1. The molecule has 0 radical (unpaired) electrons. The summed E-state index contributed by atoms with van der Waals surface area (Å²) in [5, 5.41) is 10.6. The van der Waals surface area contributed by atoms with Crippen LogP contribution in [0.3, 0.4) is 0 Å². The van der Waals surface area contributed by atoms with Crippen LogP contribution in [0.4, 0.5) is 0 Å². The molecule has 0 amide bonds. The SMILES string of the molecule is COc1cc2c(cc1OC)[C@@H](C)[NH+](CCC(=O)[O-])CC2. The lowest BCUT2D eigenvalue weighted by Crippen LogP contribution is -3.13. The van der Waals surface area contributed by atoms with Crippen molar-refractivity contribution in [3.8, 4) is 11.5 Å². The minimum absolute atomic E-state index is 0.0995. The number of carbonyl (C=O) groups is 1. The molecule has 1 unspecified atom stereocenters. The number of hydrogen-bond acceptors (Lipinski definition) is 4.